The number of carbonyl (C=O) groups excluding carboxylic acids is 1. The van der Waals surface area contributed by atoms with Crippen LogP contribution in [0.1, 0.15) is 120 Å². The molecular formula is C30H52O. The Morgan fingerprint density at radius 3 is 2.39 bits per heavy atom. The Morgan fingerprint density at radius 2 is 1.71 bits per heavy atom. The van der Waals surface area contributed by atoms with E-state index in [0.29, 0.717) is 16.6 Å². The molecule has 178 valence electrons. The van der Waals surface area contributed by atoms with E-state index in [1.54, 1.807) is 0 Å². The first-order valence-corrected chi connectivity index (χ1v) is 13.9. The van der Waals surface area contributed by atoms with Crippen LogP contribution in [-0.4, -0.2) is 5.78 Å². The minimum Gasteiger partial charge on any atom is -0.295 e. The molecule has 4 aliphatic carbocycles. The number of ketones is 1. The van der Waals surface area contributed by atoms with Crippen molar-refractivity contribution in [2.75, 3.05) is 0 Å². The molecule has 1 heteroatoms. The van der Waals surface area contributed by atoms with E-state index in [-0.39, 0.29) is 0 Å². The van der Waals surface area contributed by atoms with Gasteiger partial charge in [-0.25, -0.2) is 0 Å². The molecule has 0 bridgehead atoms. The summed E-state index contributed by atoms with van der Waals surface area (Å²) in [5, 5.41) is 0. The van der Waals surface area contributed by atoms with Gasteiger partial charge in [-0.05, 0) is 96.9 Å². The molecule has 0 aromatic carbocycles. The third-order valence-electron chi connectivity index (χ3n) is 10.5. The summed E-state index contributed by atoms with van der Waals surface area (Å²) in [7, 11) is 0. The van der Waals surface area contributed by atoms with Gasteiger partial charge in [-0.15, -0.1) is 0 Å². The molecule has 0 heterocycles. The van der Waals surface area contributed by atoms with Crippen LogP contribution in [0.4, 0.5) is 0 Å². The second kappa shape index (κ2) is 9.72. The molecule has 4 rings (SSSR count). The van der Waals surface area contributed by atoms with Gasteiger partial charge in [0, 0.05) is 6.42 Å². The summed E-state index contributed by atoms with van der Waals surface area (Å²) in [5.74, 6) is 6.44. The molecule has 0 spiro atoms. The Morgan fingerprint density at radius 1 is 1.00 bits per heavy atom. The van der Waals surface area contributed by atoms with Crippen LogP contribution in [0, 0.1) is 52.3 Å². The highest BCUT2D eigenvalue weighted by atomic mass is 16.1. The Labute approximate surface area is 194 Å². The van der Waals surface area contributed by atoms with Crippen molar-refractivity contribution in [3.05, 3.63) is 11.6 Å². The van der Waals surface area contributed by atoms with Gasteiger partial charge in [0.15, 0.2) is 5.78 Å². The summed E-state index contributed by atoms with van der Waals surface area (Å²) in [5.41, 5.74) is 2.39. The van der Waals surface area contributed by atoms with Crippen molar-refractivity contribution in [2.24, 2.45) is 52.3 Å². The largest absolute Gasteiger partial charge is 0.295 e. The van der Waals surface area contributed by atoms with Crippen LogP contribution >= 0.6 is 0 Å². The minimum atomic E-state index is 0.313. The Balaban J connectivity index is 0.00000132. The fraction of sp³-hybridized carbons (Fsp3) is 0.900. The van der Waals surface area contributed by atoms with E-state index in [4.69, 9.17) is 0 Å². The molecule has 1 nitrogen and oxygen atoms in total. The van der Waals surface area contributed by atoms with E-state index < -0.39 is 0 Å². The van der Waals surface area contributed by atoms with E-state index in [1.165, 1.54) is 56.9 Å². The van der Waals surface area contributed by atoms with Crippen molar-refractivity contribution in [3.63, 3.8) is 0 Å². The van der Waals surface area contributed by atoms with Gasteiger partial charge in [0.25, 0.3) is 0 Å². The van der Waals surface area contributed by atoms with Gasteiger partial charge in [0.2, 0.25) is 0 Å². The predicted octanol–water partition coefficient (Wildman–Crippen LogP) is 8.87. The first-order valence-electron chi connectivity index (χ1n) is 13.9. The molecular weight excluding hydrogens is 376 g/mol. The maximum atomic E-state index is 12.1. The summed E-state index contributed by atoms with van der Waals surface area (Å²) < 4.78 is 0. The van der Waals surface area contributed by atoms with Crippen molar-refractivity contribution in [1.29, 1.82) is 0 Å². The topological polar surface area (TPSA) is 17.1 Å². The van der Waals surface area contributed by atoms with Crippen molar-refractivity contribution in [3.8, 4) is 0 Å². The summed E-state index contributed by atoms with van der Waals surface area (Å²) in [6, 6.07) is 0. The van der Waals surface area contributed by atoms with Gasteiger partial charge in [0.1, 0.15) is 0 Å². The number of rotatable bonds is 5. The van der Waals surface area contributed by atoms with Gasteiger partial charge >= 0.3 is 0 Å². The van der Waals surface area contributed by atoms with Crippen molar-refractivity contribution < 1.29 is 4.79 Å². The van der Waals surface area contributed by atoms with E-state index >= 15 is 0 Å². The maximum Gasteiger partial charge on any atom is 0.155 e. The zero-order valence-electron chi connectivity index (χ0n) is 22.1. The average molecular weight is 429 g/mol. The smallest absolute Gasteiger partial charge is 0.155 e. The zero-order valence-corrected chi connectivity index (χ0v) is 22.1. The van der Waals surface area contributed by atoms with Crippen molar-refractivity contribution >= 4 is 5.78 Å². The molecule has 3 saturated carbocycles. The van der Waals surface area contributed by atoms with Crippen molar-refractivity contribution in [2.45, 2.75) is 120 Å². The van der Waals surface area contributed by atoms with Crippen LogP contribution in [0.5, 0.6) is 0 Å². The van der Waals surface area contributed by atoms with Crippen LogP contribution in [0.2, 0.25) is 0 Å². The van der Waals surface area contributed by atoms with E-state index in [1.807, 2.05) is 13.8 Å². The SMILES string of the molecule is CC.CC(C)CCCC(C)C1CCC2C3C(C)CC4=CC(=O)CC[C@]4(C)C3CC[C@]12C. The average Bonchev–Trinajstić information content (AvgIpc) is 3.08. The second-order valence-electron chi connectivity index (χ2n) is 12.6. The lowest BCUT2D eigenvalue weighted by atomic mass is 9.44. The van der Waals surface area contributed by atoms with Crippen LogP contribution < -0.4 is 0 Å². The van der Waals surface area contributed by atoms with E-state index in [9.17, 15) is 4.79 Å². The fourth-order valence-corrected chi connectivity index (χ4v) is 8.93. The van der Waals surface area contributed by atoms with Crippen LogP contribution in [-0.2, 0) is 4.79 Å². The molecule has 0 N–H and O–H groups in total. The molecule has 4 aliphatic rings. The number of hydrogen-bond acceptors (Lipinski definition) is 1. The quantitative estimate of drug-likeness (QED) is 0.427. The first kappa shape index (κ1) is 25.0. The highest BCUT2D eigenvalue weighted by molar-refractivity contribution is 5.91. The molecule has 8 atom stereocenters. The minimum absolute atomic E-state index is 0.313. The van der Waals surface area contributed by atoms with Gasteiger partial charge < -0.3 is 0 Å². The lowest BCUT2D eigenvalue weighted by molar-refractivity contribution is -0.118. The maximum absolute atomic E-state index is 12.1. The molecule has 6 unspecified atom stereocenters. The molecule has 0 aliphatic heterocycles. The third-order valence-corrected chi connectivity index (χ3v) is 10.5. The Kier molecular flexibility index (Phi) is 7.85. The molecule has 0 amide bonds. The van der Waals surface area contributed by atoms with E-state index in [2.05, 4.69) is 47.6 Å². The highest BCUT2D eigenvalue weighted by Crippen LogP contribution is 2.68. The molecule has 3 fully saturated rings. The third kappa shape index (κ3) is 4.46. The van der Waals surface area contributed by atoms with Gasteiger partial charge in [-0.1, -0.05) is 80.2 Å². The summed E-state index contributed by atoms with van der Waals surface area (Å²) >= 11 is 0. The number of allylic oxidation sites excluding steroid dienone is 1. The van der Waals surface area contributed by atoms with Crippen LogP contribution in [0.15, 0.2) is 11.6 Å². The summed E-state index contributed by atoms with van der Waals surface area (Å²) in [6.45, 7) is 19.0. The summed E-state index contributed by atoms with van der Waals surface area (Å²) in [6.07, 6.45) is 15.2. The predicted molar refractivity (Wildman–Crippen MR) is 134 cm³/mol. The molecule has 0 radical (unpaired) electrons. The van der Waals surface area contributed by atoms with Gasteiger partial charge in [0.05, 0.1) is 0 Å². The number of carbonyl (C=O) groups is 1. The first-order chi connectivity index (χ1) is 14.7. The Hall–Kier alpha value is -0.590. The van der Waals surface area contributed by atoms with Gasteiger partial charge in [-0.3, -0.25) is 4.79 Å². The monoisotopic (exact) mass is 428 g/mol. The molecule has 31 heavy (non-hydrogen) atoms. The number of fused-ring (bicyclic) bond motifs is 5. The molecule has 0 aromatic heterocycles. The van der Waals surface area contributed by atoms with Crippen LogP contribution in [0.3, 0.4) is 0 Å². The second-order valence-corrected chi connectivity index (χ2v) is 12.6. The normalized spacial score (nSPS) is 42.7. The number of hydrogen-bond donors (Lipinski definition) is 0. The van der Waals surface area contributed by atoms with Crippen LogP contribution in [0.25, 0.3) is 0 Å². The summed E-state index contributed by atoms with van der Waals surface area (Å²) in [4.78, 5) is 12.1. The lowest BCUT2D eigenvalue weighted by Gasteiger charge is -2.60. The molecule has 0 aromatic rings. The highest BCUT2D eigenvalue weighted by Gasteiger charge is 2.60. The zero-order chi connectivity index (χ0) is 23.0. The standard InChI is InChI=1S/C28H46O.C2H6/c1-18(2)8-7-9-19(3)23-10-11-24-26-20(4)16-21-17-22(29)12-14-27(21,5)25(26)13-15-28(23,24)6;1-2/h17-20,23-26H,7-16H2,1-6H3;1-2H3/t19?,20?,23?,24?,25?,26?,27-,28+;/m0./s1. The van der Waals surface area contributed by atoms with Crippen molar-refractivity contribution in [1.82, 2.24) is 0 Å². The van der Waals surface area contributed by atoms with Gasteiger partial charge in [-0.2, -0.15) is 0 Å². The lowest BCUT2D eigenvalue weighted by Crippen LogP contribution is -2.53. The fourth-order valence-electron chi connectivity index (χ4n) is 8.93. The molecule has 0 saturated heterocycles. The van der Waals surface area contributed by atoms with E-state index in [0.717, 1.165) is 54.3 Å². The Bertz CT molecular complexity index is 659.